The Morgan fingerprint density at radius 3 is 1.30 bits per heavy atom. The van der Waals surface area contributed by atoms with Gasteiger partial charge in [-0.15, -0.1) is 0 Å². The normalized spacial score (nSPS) is 13.7. The largest absolute Gasteiger partial charge is 1.00 e. The van der Waals surface area contributed by atoms with Crippen molar-refractivity contribution in [3.63, 3.8) is 0 Å². The van der Waals surface area contributed by atoms with E-state index < -0.39 is 15.4 Å². The van der Waals surface area contributed by atoms with Gasteiger partial charge < -0.3 is 9.66 Å². The standard InChI is InChI=1S/C24H50O4S.Na/c1-3-5-7-12-16-19-23(25)20-17-13-10-8-9-11-14-18-22-24(29(26,27)28)21-15-6-4-2;/h23-25H,3-22H2,1-2H3,(H,26,27,28);/q;+1/p-1. The molecule has 0 aliphatic rings. The first-order chi connectivity index (χ1) is 13.9. The third-order valence-electron chi connectivity index (χ3n) is 5.99. The van der Waals surface area contributed by atoms with E-state index in [1.165, 1.54) is 51.4 Å². The Bertz CT molecular complexity index is 442. The molecule has 0 aromatic carbocycles. The molecule has 0 saturated heterocycles. The molecule has 0 spiro atoms. The van der Waals surface area contributed by atoms with Gasteiger partial charge in [-0.2, -0.15) is 0 Å². The zero-order valence-corrected chi connectivity index (χ0v) is 23.2. The quantitative estimate of drug-likeness (QED) is 0.151. The fourth-order valence-electron chi connectivity index (χ4n) is 4.00. The molecular weight excluding hydrogens is 407 g/mol. The van der Waals surface area contributed by atoms with E-state index in [-0.39, 0.29) is 35.7 Å². The van der Waals surface area contributed by atoms with Crippen LogP contribution in [0.3, 0.4) is 0 Å². The van der Waals surface area contributed by atoms with Crippen molar-refractivity contribution in [1.29, 1.82) is 0 Å². The fourth-order valence-corrected chi connectivity index (χ4v) is 4.91. The summed E-state index contributed by atoms with van der Waals surface area (Å²) in [6.45, 7) is 4.31. The van der Waals surface area contributed by atoms with E-state index in [0.29, 0.717) is 12.8 Å². The van der Waals surface area contributed by atoms with Crippen LogP contribution in [-0.4, -0.2) is 29.4 Å². The Hall–Kier alpha value is 0.870. The molecule has 176 valence electrons. The van der Waals surface area contributed by atoms with Crippen LogP contribution in [0.25, 0.3) is 0 Å². The zero-order chi connectivity index (χ0) is 21.8. The first kappa shape index (κ1) is 33.0. The van der Waals surface area contributed by atoms with Gasteiger partial charge in [-0.3, -0.25) is 0 Å². The summed E-state index contributed by atoms with van der Waals surface area (Å²) in [6.07, 6.45) is 21.0. The molecule has 0 radical (unpaired) electrons. The topological polar surface area (TPSA) is 77.4 Å². The van der Waals surface area contributed by atoms with Crippen molar-refractivity contribution in [3.05, 3.63) is 0 Å². The van der Waals surface area contributed by atoms with Crippen molar-refractivity contribution in [2.45, 2.75) is 154 Å². The maximum absolute atomic E-state index is 11.4. The molecule has 30 heavy (non-hydrogen) atoms. The van der Waals surface area contributed by atoms with Crippen LogP contribution < -0.4 is 29.6 Å². The second kappa shape index (κ2) is 23.0. The number of hydrogen-bond acceptors (Lipinski definition) is 4. The molecular formula is C24H49NaO4S. The van der Waals surface area contributed by atoms with Crippen LogP contribution in [0.4, 0.5) is 0 Å². The molecule has 0 aromatic heterocycles. The second-order valence-corrected chi connectivity index (χ2v) is 10.5. The van der Waals surface area contributed by atoms with Crippen molar-refractivity contribution in [1.82, 2.24) is 0 Å². The van der Waals surface area contributed by atoms with Crippen LogP contribution in [0, 0.1) is 0 Å². The first-order valence-electron chi connectivity index (χ1n) is 12.5. The minimum atomic E-state index is -4.14. The van der Waals surface area contributed by atoms with Gasteiger partial charge >= 0.3 is 29.6 Å². The van der Waals surface area contributed by atoms with Crippen LogP contribution in [0.1, 0.15) is 142 Å². The number of rotatable bonds is 22. The SMILES string of the molecule is CCCCCCCC(O)CCCCCCCCCCC(CCCCC)S(=O)(=O)[O-].[Na+]. The molecule has 6 heteroatoms. The number of hydrogen-bond donors (Lipinski definition) is 1. The van der Waals surface area contributed by atoms with E-state index in [1.54, 1.807) is 0 Å². The van der Waals surface area contributed by atoms with Gasteiger partial charge in [0.25, 0.3) is 0 Å². The van der Waals surface area contributed by atoms with E-state index in [1.807, 2.05) is 0 Å². The maximum Gasteiger partial charge on any atom is 1.00 e. The van der Waals surface area contributed by atoms with E-state index in [0.717, 1.165) is 64.2 Å². The Kier molecular flexibility index (Phi) is 25.4. The molecule has 0 aliphatic carbocycles. The van der Waals surface area contributed by atoms with E-state index in [9.17, 15) is 18.1 Å². The minimum absolute atomic E-state index is 0. The Morgan fingerprint density at radius 1 is 0.600 bits per heavy atom. The molecule has 0 heterocycles. The minimum Gasteiger partial charge on any atom is -0.748 e. The second-order valence-electron chi connectivity index (χ2n) is 8.87. The Morgan fingerprint density at radius 2 is 0.900 bits per heavy atom. The van der Waals surface area contributed by atoms with Gasteiger partial charge in [-0.25, -0.2) is 8.42 Å². The molecule has 2 atom stereocenters. The number of aliphatic hydroxyl groups is 1. The van der Waals surface area contributed by atoms with Crippen molar-refractivity contribution in [3.8, 4) is 0 Å². The summed E-state index contributed by atoms with van der Waals surface area (Å²) in [5.74, 6) is 0. The molecule has 0 fully saturated rings. The maximum atomic E-state index is 11.4. The van der Waals surface area contributed by atoms with Crippen LogP contribution in [0.2, 0.25) is 0 Å². The van der Waals surface area contributed by atoms with Gasteiger partial charge in [-0.05, 0) is 25.7 Å². The predicted octanol–water partition coefficient (Wildman–Crippen LogP) is 4.11. The van der Waals surface area contributed by atoms with Crippen LogP contribution in [-0.2, 0) is 10.1 Å². The summed E-state index contributed by atoms with van der Waals surface area (Å²) in [5.41, 5.74) is 0. The van der Waals surface area contributed by atoms with E-state index in [4.69, 9.17) is 0 Å². The van der Waals surface area contributed by atoms with Gasteiger partial charge in [0, 0.05) is 5.25 Å². The molecule has 0 amide bonds. The summed E-state index contributed by atoms with van der Waals surface area (Å²) in [5, 5.41) is 9.34. The molecule has 0 aromatic rings. The molecule has 1 N–H and O–H groups in total. The fraction of sp³-hybridized carbons (Fsp3) is 1.00. The summed E-state index contributed by atoms with van der Waals surface area (Å²) in [6, 6.07) is 0. The van der Waals surface area contributed by atoms with Crippen LogP contribution >= 0.6 is 0 Å². The van der Waals surface area contributed by atoms with Crippen molar-refractivity contribution >= 4 is 10.1 Å². The van der Waals surface area contributed by atoms with Gasteiger partial charge in [-0.1, -0.05) is 117 Å². The van der Waals surface area contributed by atoms with Gasteiger partial charge in [0.15, 0.2) is 0 Å². The molecule has 0 aliphatic heterocycles. The molecule has 0 rings (SSSR count). The third-order valence-corrected chi connectivity index (χ3v) is 7.28. The average molecular weight is 457 g/mol. The zero-order valence-electron chi connectivity index (χ0n) is 20.4. The first-order valence-corrected chi connectivity index (χ1v) is 14.0. The monoisotopic (exact) mass is 456 g/mol. The average Bonchev–Trinajstić information content (AvgIpc) is 2.67. The van der Waals surface area contributed by atoms with Crippen molar-refractivity contribution in [2.75, 3.05) is 0 Å². The van der Waals surface area contributed by atoms with Crippen LogP contribution in [0.15, 0.2) is 0 Å². The molecule has 0 bridgehead atoms. The summed E-state index contributed by atoms with van der Waals surface area (Å²) in [4.78, 5) is 0. The number of aliphatic hydroxyl groups excluding tert-OH is 1. The van der Waals surface area contributed by atoms with Crippen molar-refractivity contribution < 1.29 is 47.6 Å². The van der Waals surface area contributed by atoms with E-state index >= 15 is 0 Å². The summed E-state index contributed by atoms with van der Waals surface area (Å²) in [7, 11) is -4.14. The smallest absolute Gasteiger partial charge is 0.748 e. The molecule has 0 saturated carbocycles. The van der Waals surface area contributed by atoms with Crippen molar-refractivity contribution in [2.24, 2.45) is 0 Å². The number of unbranched alkanes of at least 4 members (excludes halogenated alkanes) is 13. The van der Waals surface area contributed by atoms with Gasteiger partial charge in [0.2, 0.25) is 0 Å². The Balaban J connectivity index is 0. The molecule has 4 nitrogen and oxygen atoms in total. The van der Waals surface area contributed by atoms with Gasteiger partial charge in [0.05, 0.1) is 16.2 Å². The third kappa shape index (κ3) is 22.1. The summed E-state index contributed by atoms with van der Waals surface area (Å²) < 4.78 is 34.1. The molecule has 2 unspecified atom stereocenters. The van der Waals surface area contributed by atoms with E-state index in [2.05, 4.69) is 13.8 Å². The Labute approximate surface area is 210 Å². The van der Waals surface area contributed by atoms with Crippen LogP contribution in [0.5, 0.6) is 0 Å². The predicted molar refractivity (Wildman–Crippen MR) is 123 cm³/mol. The van der Waals surface area contributed by atoms with Gasteiger partial charge in [0.1, 0.15) is 0 Å². The summed E-state index contributed by atoms with van der Waals surface area (Å²) >= 11 is 0.